The van der Waals surface area contributed by atoms with Crippen LogP contribution in [0.15, 0.2) is 42.6 Å². The largest absolute Gasteiger partial charge is 0.497 e. The Hall–Kier alpha value is -2.27. The highest BCUT2D eigenvalue weighted by Gasteiger charge is 2.11. The molecule has 116 valence electrons. The van der Waals surface area contributed by atoms with Crippen molar-refractivity contribution >= 4 is 11.5 Å². The molecule has 3 rings (SSSR count). The van der Waals surface area contributed by atoms with Crippen LogP contribution in [0.5, 0.6) is 5.75 Å². The van der Waals surface area contributed by atoms with E-state index in [1.165, 1.54) is 5.56 Å². The van der Waals surface area contributed by atoms with Gasteiger partial charge in [0.2, 0.25) is 0 Å². The van der Waals surface area contributed by atoms with Crippen molar-refractivity contribution in [3.05, 3.63) is 48.2 Å². The van der Waals surface area contributed by atoms with E-state index in [-0.39, 0.29) is 0 Å². The number of aromatic nitrogens is 1. The molecule has 0 unspecified atom stereocenters. The van der Waals surface area contributed by atoms with E-state index in [0.717, 1.165) is 50.1 Å². The summed E-state index contributed by atoms with van der Waals surface area (Å²) in [6.07, 6.45) is 1.88. The first kappa shape index (κ1) is 14.7. The van der Waals surface area contributed by atoms with Crippen LogP contribution in [0.1, 0.15) is 5.56 Å². The third-order valence-corrected chi connectivity index (χ3v) is 3.74. The van der Waals surface area contributed by atoms with Gasteiger partial charge in [0, 0.05) is 19.6 Å². The molecule has 1 aliphatic heterocycles. The van der Waals surface area contributed by atoms with Gasteiger partial charge in [-0.3, -0.25) is 0 Å². The highest BCUT2D eigenvalue weighted by Crippen LogP contribution is 2.17. The molecule has 0 atom stereocenters. The van der Waals surface area contributed by atoms with Crippen LogP contribution in [0.2, 0.25) is 0 Å². The van der Waals surface area contributed by atoms with E-state index in [9.17, 15) is 0 Å². The number of anilines is 2. The standard InChI is InChI=1S/C17H21N3O2/c1-21-16-5-2-14(3-6-16)12-18-15-4-7-17(19-13-15)20-8-10-22-11-9-20/h2-7,13,18H,8-12H2,1H3. The van der Waals surface area contributed by atoms with Crippen molar-refractivity contribution in [2.75, 3.05) is 43.6 Å². The Morgan fingerprint density at radius 1 is 1.14 bits per heavy atom. The maximum Gasteiger partial charge on any atom is 0.128 e. The molecule has 2 aromatic rings. The van der Waals surface area contributed by atoms with E-state index in [1.54, 1.807) is 7.11 Å². The lowest BCUT2D eigenvalue weighted by atomic mass is 10.2. The maximum atomic E-state index is 5.36. The number of nitrogens with zero attached hydrogens (tertiary/aromatic N) is 2. The van der Waals surface area contributed by atoms with Crippen molar-refractivity contribution < 1.29 is 9.47 Å². The second-order valence-electron chi connectivity index (χ2n) is 5.21. The van der Waals surface area contributed by atoms with Crippen LogP contribution < -0.4 is 15.0 Å². The summed E-state index contributed by atoms with van der Waals surface area (Å²) in [5, 5.41) is 3.38. The van der Waals surface area contributed by atoms with E-state index < -0.39 is 0 Å². The van der Waals surface area contributed by atoms with E-state index in [4.69, 9.17) is 9.47 Å². The molecule has 2 heterocycles. The van der Waals surface area contributed by atoms with Crippen molar-refractivity contribution in [1.29, 1.82) is 0 Å². The van der Waals surface area contributed by atoms with Crippen molar-refractivity contribution in [2.45, 2.75) is 6.54 Å². The van der Waals surface area contributed by atoms with Gasteiger partial charge in [-0.15, -0.1) is 0 Å². The summed E-state index contributed by atoms with van der Waals surface area (Å²) in [6.45, 7) is 4.14. The Bertz CT molecular complexity index is 578. The molecular weight excluding hydrogens is 278 g/mol. The van der Waals surface area contributed by atoms with Crippen LogP contribution in [0.3, 0.4) is 0 Å². The van der Waals surface area contributed by atoms with Crippen LogP contribution in [-0.2, 0) is 11.3 Å². The molecule has 1 fully saturated rings. The number of methoxy groups -OCH3 is 1. The topological polar surface area (TPSA) is 46.6 Å². The lowest BCUT2D eigenvalue weighted by Gasteiger charge is -2.27. The summed E-state index contributed by atoms with van der Waals surface area (Å²) in [7, 11) is 1.68. The molecular formula is C17H21N3O2. The molecule has 0 aliphatic carbocycles. The predicted molar refractivity (Wildman–Crippen MR) is 87.6 cm³/mol. The van der Waals surface area contributed by atoms with E-state index >= 15 is 0 Å². The zero-order valence-electron chi connectivity index (χ0n) is 12.8. The van der Waals surface area contributed by atoms with Crippen LogP contribution in [0, 0.1) is 0 Å². The Morgan fingerprint density at radius 3 is 2.55 bits per heavy atom. The summed E-state index contributed by atoms with van der Waals surface area (Å²) in [6, 6.07) is 12.2. The fraction of sp³-hybridized carbons (Fsp3) is 0.353. The zero-order chi connectivity index (χ0) is 15.2. The molecule has 0 radical (unpaired) electrons. The first-order chi connectivity index (χ1) is 10.8. The summed E-state index contributed by atoms with van der Waals surface area (Å²) >= 11 is 0. The number of hydrogen-bond donors (Lipinski definition) is 1. The second-order valence-corrected chi connectivity index (χ2v) is 5.21. The van der Waals surface area contributed by atoms with Crippen LogP contribution in [-0.4, -0.2) is 38.4 Å². The molecule has 5 heteroatoms. The quantitative estimate of drug-likeness (QED) is 0.919. The number of rotatable bonds is 5. The van der Waals surface area contributed by atoms with Gasteiger partial charge in [0.15, 0.2) is 0 Å². The highest BCUT2D eigenvalue weighted by atomic mass is 16.5. The molecule has 1 aromatic heterocycles. The molecule has 22 heavy (non-hydrogen) atoms. The van der Waals surface area contributed by atoms with Gasteiger partial charge in [-0.05, 0) is 29.8 Å². The van der Waals surface area contributed by atoms with Gasteiger partial charge in [-0.2, -0.15) is 0 Å². The van der Waals surface area contributed by atoms with E-state index in [0.29, 0.717) is 0 Å². The number of morpholine rings is 1. The number of pyridine rings is 1. The summed E-state index contributed by atoms with van der Waals surface area (Å²) in [5.41, 5.74) is 2.23. The van der Waals surface area contributed by atoms with Crippen LogP contribution >= 0.6 is 0 Å². The Kier molecular flexibility index (Phi) is 4.75. The van der Waals surface area contributed by atoms with Gasteiger partial charge in [-0.1, -0.05) is 12.1 Å². The van der Waals surface area contributed by atoms with Gasteiger partial charge in [0.1, 0.15) is 11.6 Å². The maximum absolute atomic E-state index is 5.36. The molecule has 0 saturated carbocycles. The van der Waals surface area contributed by atoms with Crippen molar-refractivity contribution in [2.24, 2.45) is 0 Å². The first-order valence-corrected chi connectivity index (χ1v) is 7.51. The lowest BCUT2D eigenvalue weighted by molar-refractivity contribution is 0.122. The Morgan fingerprint density at radius 2 is 1.91 bits per heavy atom. The number of hydrogen-bond acceptors (Lipinski definition) is 5. The molecule has 1 aromatic carbocycles. The highest BCUT2D eigenvalue weighted by molar-refractivity contribution is 5.49. The molecule has 5 nitrogen and oxygen atoms in total. The SMILES string of the molecule is COc1ccc(CNc2ccc(N3CCOCC3)nc2)cc1. The van der Waals surface area contributed by atoms with Gasteiger partial charge in [-0.25, -0.2) is 4.98 Å². The number of benzene rings is 1. The summed E-state index contributed by atoms with van der Waals surface area (Å²) in [4.78, 5) is 6.78. The van der Waals surface area contributed by atoms with Crippen LogP contribution in [0.25, 0.3) is 0 Å². The zero-order valence-corrected chi connectivity index (χ0v) is 12.8. The lowest BCUT2D eigenvalue weighted by Crippen LogP contribution is -2.36. The smallest absolute Gasteiger partial charge is 0.128 e. The van der Waals surface area contributed by atoms with Crippen molar-refractivity contribution in [3.8, 4) is 5.75 Å². The minimum absolute atomic E-state index is 0.766. The molecule has 0 amide bonds. The fourth-order valence-corrected chi connectivity index (χ4v) is 2.42. The minimum Gasteiger partial charge on any atom is -0.497 e. The normalized spacial score (nSPS) is 14.7. The monoisotopic (exact) mass is 299 g/mol. The van der Waals surface area contributed by atoms with Crippen molar-refractivity contribution in [3.63, 3.8) is 0 Å². The van der Waals surface area contributed by atoms with E-state index in [2.05, 4.69) is 39.5 Å². The molecule has 1 saturated heterocycles. The Balaban J connectivity index is 1.56. The summed E-state index contributed by atoms with van der Waals surface area (Å²) in [5.74, 6) is 1.89. The van der Waals surface area contributed by atoms with Crippen molar-refractivity contribution in [1.82, 2.24) is 4.98 Å². The van der Waals surface area contributed by atoms with Gasteiger partial charge >= 0.3 is 0 Å². The third-order valence-electron chi connectivity index (χ3n) is 3.74. The average Bonchev–Trinajstić information content (AvgIpc) is 2.61. The predicted octanol–water partition coefficient (Wildman–Crippen LogP) is 2.54. The number of nitrogens with one attached hydrogen (secondary N) is 1. The average molecular weight is 299 g/mol. The molecule has 0 bridgehead atoms. The van der Waals surface area contributed by atoms with E-state index in [1.807, 2.05) is 18.3 Å². The van der Waals surface area contributed by atoms with Gasteiger partial charge < -0.3 is 19.7 Å². The Labute approximate surface area is 130 Å². The fourth-order valence-electron chi connectivity index (χ4n) is 2.42. The molecule has 1 aliphatic rings. The molecule has 1 N–H and O–H groups in total. The van der Waals surface area contributed by atoms with Crippen LogP contribution in [0.4, 0.5) is 11.5 Å². The van der Waals surface area contributed by atoms with Gasteiger partial charge in [0.25, 0.3) is 0 Å². The molecule has 0 spiro atoms. The van der Waals surface area contributed by atoms with Gasteiger partial charge in [0.05, 0.1) is 32.2 Å². The number of ether oxygens (including phenoxy) is 2. The second kappa shape index (κ2) is 7.13. The first-order valence-electron chi connectivity index (χ1n) is 7.51. The minimum atomic E-state index is 0.766. The summed E-state index contributed by atoms with van der Waals surface area (Å²) < 4.78 is 10.5. The third kappa shape index (κ3) is 3.68.